The molecule has 1 fully saturated rings. The van der Waals surface area contributed by atoms with Gasteiger partial charge >= 0.3 is 13.8 Å². The predicted octanol–water partition coefficient (Wildman–Crippen LogP) is 7.08. The number of hydrogen-bond acceptors (Lipinski definition) is 14. The minimum atomic E-state index is -4.50. The molecule has 2 aliphatic heterocycles. The number of phosphoric ester groups is 1. The van der Waals surface area contributed by atoms with Gasteiger partial charge < -0.3 is 40.4 Å². The van der Waals surface area contributed by atoms with Crippen LogP contribution in [0, 0.1) is 0 Å². The lowest BCUT2D eigenvalue weighted by molar-refractivity contribution is -0.0439. The van der Waals surface area contributed by atoms with E-state index in [-0.39, 0.29) is 90.2 Å². The third kappa shape index (κ3) is 8.90. The molecule has 4 heterocycles. The van der Waals surface area contributed by atoms with Crippen molar-refractivity contribution < 1.29 is 52.6 Å². The van der Waals surface area contributed by atoms with E-state index < -0.39 is 55.7 Å². The van der Waals surface area contributed by atoms with Crippen molar-refractivity contribution in [2.75, 3.05) is 25.5 Å². The highest BCUT2D eigenvalue weighted by Crippen LogP contribution is 2.49. The molecule has 4 atom stereocenters. The van der Waals surface area contributed by atoms with E-state index >= 15 is 0 Å². The lowest BCUT2D eigenvalue weighted by atomic mass is 9.89. The summed E-state index contributed by atoms with van der Waals surface area (Å²) in [5, 5.41) is 33.1. The number of aliphatic hydroxyl groups excluding tert-OH is 1. The maximum Gasteiger partial charge on any atom is 0.472 e. The summed E-state index contributed by atoms with van der Waals surface area (Å²) in [6.07, 6.45) is 2.20. The van der Waals surface area contributed by atoms with Gasteiger partial charge in [0.2, 0.25) is 5.43 Å². The number of fused-ring (bicyclic) bond motifs is 3. The number of phenolic OH excluding ortho intramolecular Hbond substituents is 1. The van der Waals surface area contributed by atoms with E-state index in [9.17, 15) is 39.2 Å². The maximum absolute atomic E-state index is 13.5. The summed E-state index contributed by atoms with van der Waals surface area (Å²) in [6.45, 7) is -0.374. The van der Waals surface area contributed by atoms with E-state index in [0.717, 1.165) is 12.1 Å². The Balaban J connectivity index is 0.939. The first-order chi connectivity index (χ1) is 28.5. The molecule has 0 bridgehead atoms. The Morgan fingerprint density at radius 1 is 0.983 bits per heavy atom. The number of carboxylic acid groups (broad SMARTS) is 1. The third-order valence-corrected chi connectivity index (χ3v) is 12.0. The monoisotopic (exact) mass is 924 g/mol. The van der Waals surface area contributed by atoms with Gasteiger partial charge in [-0.25, -0.2) is 24.3 Å². The van der Waals surface area contributed by atoms with Crippen LogP contribution in [0.3, 0.4) is 0 Å². The first-order valence-electron chi connectivity index (χ1n) is 18.1. The number of benzene rings is 3. The summed E-state index contributed by atoms with van der Waals surface area (Å²) >= 11 is 25.8. The van der Waals surface area contributed by atoms with Crippen LogP contribution in [0.2, 0.25) is 20.1 Å². The molecule has 4 aromatic rings. The molecular weight excluding hydrogens is 893 g/mol. The van der Waals surface area contributed by atoms with Gasteiger partial charge in [-0.3, -0.25) is 23.2 Å². The quantitative estimate of drug-likeness (QED) is 0.0341. The van der Waals surface area contributed by atoms with Gasteiger partial charge in [0.05, 0.1) is 56.9 Å². The highest BCUT2D eigenvalue weighted by Gasteiger charge is 2.38. The lowest BCUT2D eigenvalue weighted by Gasteiger charge is -2.20. The molecule has 60 heavy (non-hydrogen) atoms. The number of phosphoric acid groups is 1. The Hall–Kier alpha value is -4.59. The summed E-state index contributed by atoms with van der Waals surface area (Å²) in [5.74, 6) is -2.35. The Bertz CT molecular complexity index is 2730. The zero-order valence-corrected chi connectivity index (χ0v) is 34.7. The van der Waals surface area contributed by atoms with Crippen molar-refractivity contribution in [2.24, 2.45) is 0 Å². The number of nitrogen functional groups attached to an aromatic ring is 1. The molecule has 3 unspecified atom stereocenters. The van der Waals surface area contributed by atoms with Crippen molar-refractivity contribution in [2.45, 2.75) is 50.5 Å². The number of nitrogens with one attached hydrogen (secondary N) is 1. The van der Waals surface area contributed by atoms with Crippen LogP contribution in [0.15, 0.2) is 52.2 Å². The summed E-state index contributed by atoms with van der Waals surface area (Å²) in [4.78, 5) is 61.1. The zero-order valence-electron chi connectivity index (χ0n) is 30.8. The van der Waals surface area contributed by atoms with Crippen molar-refractivity contribution in [3.63, 3.8) is 0 Å². The second-order valence-corrected chi connectivity index (χ2v) is 16.7. The molecule has 2 aromatic heterocycles. The lowest BCUT2D eigenvalue weighted by Crippen LogP contribution is -2.26. The van der Waals surface area contributed by atoms with Gasteiger partial charge in [-0.1, -0.05) is 59.2 Å². The fourth-order valence-corrected chi connectivity index (χ4v) is 8.50. The number of carbonyl (C=O) groups excluding carboxylic acids is 1. The molecule has 0 radical (unpaired) electrons. The minimum absolute atomic E-state index is 0.00954. The standard InChI is InChI=1S/C37H33Cl4N6O12P/c38-19-7-16-25(10-22(19)48)58-26-11-23(49)20(39)8-17(26)29(16)31-30(37(52)53)21(40)9-18(32(31)41)36(51)43-5-3-1-2-4-6-56-60(54,55)57-13-27-24(50)12-28(59-27)47-15-46-33-34(42)44-14-45-35(33)47/h7-11,14-15,24,27-28,48,50H,1-6,12-13H2,(H,43,51)(H,52,53)(H,54,55)(H2,42,44,45)/t24-,27?,28?/m1/s1. The Morgan fingerprint density at radius 2 is 1.75 bits per heavy atom. The number of aromatic carboxylic acids is 1. The number of imidazole rings is 1. The number of hydrogen-bond donors (Lipinski definition) is 6. The normalized spacial score (nSPS) is 17.7. The number of rotatable bonds is 15. The number of aromatic hydroxyl groups is 1. The molecule has 7 rings (SSSR count). The van der Waals surface area contributed by atoms with E-state index in [1.807, 2.05) is 0 Å². The van der Waals surface area contributed by atoms with Gasteiger partial charge in [0, 0.05) is 47.2 Å². The largest absolute Gasteiger partial charge is 0.506 e. The maximum atomic E-state index is 13.5. The van der Waals surface area contributed by atoms with Crippen molar-refractivity contribution in [1.82, 2.24) is 24.8 Å². The number of ether oxygens (including phenoxy) is 1. The predicted molar refractivity (Wildman–Crippen MR) is 220 cm³/mol. The van der Waals surface area contributed by atoms with Crippen LogP contribution < -0.4 is 16.5 Å². The molecule has 1 amide bonds. The second-order valence-electron chi connectivity index (χ2n) is 13.6. The number of carboxylic acids is 1. The number of nitrogens with two attached hydrogens (primary N) is 1. The summed E-state index contributed by atoms with van der Waals surface area (Å²) in [5.41, 5.74) is 5.46. The van der Waals surface area contributed by atoms with Crippen LogP contribution >= 0.6 is 54.2 Å². The molecule has 2 aromatic carbocycles. The first-order valence-corrected chi connectivity index (χ1v) is 21.1. The minimum Gasteiger partial charge on any atom is -0.506 e. The number of halogens is 4. The first kappa shape index (κ1) is 43.5. The molecule has 3 aliphatic rings. The van der Waals surface area contributed by atoms with E-state index in [0.29, 0.717) is 36.8 Å². The summed E-state index contributed by atoms with van der Waals surface area (Å²) in [6, 6.07) is 5.98. The number of carbonyl (C=O) groups is 2. The number of aromatic nitrogens is 4. The number of phenols is 1. The van der Waals surface area contributed by atoms with Crippen LogP contribution in [-0.4, -0.2) is 83.6 Å². The van der Waals surface area contributed by atoms with Crippen LogP contribution in [0.25, 0.3) is 44.6 Å². The van der Waals surface area contributed by atoms with Crippen LogP contribution in [-0.2, 0) is 18.3 Å². The average Bonchev–Trinajstić information content (AvgIpc) is 3.80. The summed E-state index contributed by atoms with van der Waals surface area (Å²) < 4.78 is 36.0. The second kappa shape index (κ2) is 17.8. The van der Waals surface area contributed by atoms with Gasteiger partial charge in [0.1, 0.15) is 41.3 Å². The molecule has 316 valence electrons. The van der Waals surface area contributed by atoms with Crippen molar-refractivity contribution >= 4 is 94.1 Å². The van der Waals surface area contributed by atoms with Crippen molar-refractivity contribution in [3.8, 4) is 28.2 Å². The summed E-state index contributed by atoms with van der Waals surface area (Å²) in [7, 11) is -4.50. The fraction of sp³-hybridized carbons (Fsp3) is 0.297. The van der Waals surface area contributed by atoms with Crippen LogP contribution in [0.1, 0.15) is 59.0 Å². The van der Waals surface area contributed by atoms with Crippen LogP contribution in [0.4, 0.5) is 5.82 Å². The van der Waals surface area contributed by atoms with Gasteiger partial charge in [-0.05, 0) is 31.0 Å². The Labute approximate surface area is 358 Å². The smallest absolute Gasteiger partial charge is 0.472 e. The number of nitrogens with zero attached hydrogens (tertiary/aromatic N) is 4. The van der Waals surface area contributed by atoms with Crippen LogP contribution in [0.5, 0.6) is 5.75 Å². The Kier molecular flexibility index (Phi) is 12.9. The molecule has 7 N–H and O–H groups in total. The van der Waals surface area contributed by atoms with Gasteiger partial charge in [-0.15, -0.1) is 0 Å². The SMILES string of the molecule is Nc1ncnc2c1ncn2C1C[C@@H](O)C(COP(=O)(O)OCCCCCCNC(=O)c2cc(Cl)c(C(=O)O)c(-c3c4cc(Cl)c(=O)cc-4oc4cc(O)c(Cl)cc34)c2Cl)O1. The van der Waals surface area contributed by atoms with Crippen molar-refractivity contribution in [3.05, 3.63) is 84.4 Å². The van der Waals surface area contributed by atoms with E-state index in [1.165, 1.54) is 30.9 Å². The van der Waals surface area contributed by atoms with Crippen molar-refractivity contribution in [1.29, 1.82) is 0 Å². The molecule has 18 nitrogen and oxygen atoms in total. The topological polar surface area (TPSA) is 272 Å². The molecule has 23 heteroatoms. The molecule has 0 saturated carbocycles. The Morgan fingerprint density at radius 3 is 2.52 bits per heavy atom. The number of aliphatic hydroxyl groups is 1. The third-order valence-electron chi connectivity index (χ3n) is 9.68. The van der Waals surface area contributed by atoms with E-state index in [1.54, 1.807) is 4.57 Å². The fourth-order valence-electron chi connectivity index (χ4n) is 6.78. The number of unbranched alkanes of at least 4 members (excludes halogenated alkanes) is 3. The van der Waals surface area contributed by atoms with E-state index in [4.69, 9.17) is 70.3 Å². The highest BCUT2D eigenvalue weighted by molar-refractivity contribution is 7.47. The molecule has 1 aliphatic carbocycles. The number of anilines is 1. The van der Waals surface area contributed by atoms with Gasteiger partial charge in [-0.2, -0.15) is 0 Å². The highest BCUT2D eigenvalue weighted by atomic mass is 35.5. The zero-order chi connectivity index (χ0) is 43.0. The average molecular weight is 926 g/mol. The molecule has 0 spiro atoms. The number of amides is 1. The van der Waals surface area contributed by atoms with Gasteiger partial charge in [0.25, 0.3) is 5.91 Å². The van der Waals surface area contributed by atoms with E-state index in [2.05, 4.69) is 20.3 Å². The molecule has 1 saturated heterocycles. The molecular formula is C37H33Cl4N6O12P. The van der Waals surface area contributed by atoms with Gasteiger partial charge in [0.15, 0.2) is 11.5 Å².